The zero-order valence-corrected chi connectivity index (χ0v) is 13.9. The number of nitrogens with zero attached hydrogens (tertiary/aromatic N) is 5. The third-order valence-electron chi connectivity index (χ3n) is 3.83. The Morgan fingerprint density at radius 1 is 1.22 bits per heavy atom. The molecule has 3 heterocycles. The summed E-state index contributed by atoms with van der Waals surface area (Å²) in [6.45, 7) is 5.57. The summed E-state index contributed by atoms with van der Waals surface area (Å²) in [5.41, 5.74) is 3.01. The van der Waals surface area contributed by atoms with Crippen molar-refractivity contribution in [2.45, 2.75) is 32.9 Å². The average Bonchev–Trinajstić information content (AvgIpc) is 3.09. The quantitative estimate of drug-likeness (QED) is 0.752. The van der Waals surface area contributed by atoms with Gasteiger partial charge in [0.05, 0.1) is 24.9 Å². The topological polar surface area (TPSA) is 69.3 Å². The van der Waals surface area contributed by atoms with Crippen molar-refractivity contribution in [1.82, 2.24) is 29.7 Å². The predicted molar refractivity (Wildman–Crippen MR) is 87.4 cm³/mol. The number of methoxy groups -OCH3 is 1. The maximum absolute atomic E-state index is 5.49. The summed E-state index contributed by atoms with van der Waals surface area (Å²) in [5.74, 6) is 2.03. The van der Waals surface area contributed by atoms with E-state index in [4.69, 9.17) is 4.74 Å². The highest BCUT2D eigenvalue weighted by Crippen LogP contribution is 2.26. The van der Waals surface area contributed by atoms with Crippen LogP contribution >= 0.6 is 0 Å². The molecular formula is C16H22N6O. The fourth-order valence-corrected chi connectivity index (χ4v) is 2.77. The zero-order chi connectivity index (χ0) is 16.4. The summed E-state index contributed by atoms with van der Waals surface area (Å²) < 4.78 is 9.27. The lowest BCUT2D eigenvalue weighted by atomic mass is 10.1. The van der Waals surface area contributed by atoms with Crippen LogP contribution in [-0.2, 0) is 20.1 Å². The van der Waals surface area contributed by atoms with E-state index in [0.717, 1.165) is 28.6 Å². The highest BCUT2D eigenvalue weighted by atomic mass is 16.5. The fraction of sp³-hybridized carbons (Fsp3) is 0.438. The van der Waals surface area contributed by atoms with Crippen LogP contribution in [0.25, 0.3) is 5.65 Å². The minimum Gasteiger partial charge on any atom is -0.481 e. The van der Waals surface area contributed by atoms with Gasteiger partial charge in [0, 0.05) is 19.8 Å². The molecule has 0 saturated heterocycles. The van der Waals surface area contributed by atoms with Gasteiger partial charge in [-0.3, -0.25) is 4.40 Å². The lowest BCUT2D eigenvalue weighted by Crippen LogP contribution is -2.16. The van der Waals surface area contributed by atoms with Crippen LogP contribution in [0.3, 0.4) is 0 Å². The molecule has 1 N–H and O–H groups in total. The number of hydrogen-bond acceptors (Lipinski definition) is 5. The van der Waals surface area contributed by atoms with Gasteiger partial charge in [0.15, 0.2) is 11.5 Å². The van der Waals surface area contributed by atoms with Crippen molar-refractivity contribution in [3.8, 4) is 5.88 Å². The molecule has 7 heteroatoms. The largest absolute Gasteiger partial charge is 0.481 e. The molecule has 0 radical (unpaired) electrons. The Hall–Kier alpha value is -2.41. The normalized spacial score (nSPS) is 11.5. The van der Waals surface area contributed by atoms with Crippen molar-refractivity contribution >= 4 is 5.65 Å². The summed E-state index contributed by atoms with van der Waals surface area (Å²) in [7, 11) is 3.58. The van der Waals surface area contributed by atoms with Crippen molar-refractivity contribution in [2.75, 3.05) is 7.11 Å². The molecule has 0 aliphatic rings. The Morgan fingerprint density at radius 3 is 2.78 bits per heavy atom. The molecule has 0 saturated carbocycles. The highest BCUT2D eigenvalue weighted by Gasteiger charge is 2.19. The standard InChI is InChI=1S/C16H22N6O/c1-11(2)15-12(16(23-4)21(3)20-15)9-17-10-14-19-18-13-7-5-6-8-22(13)14/h5-8,11,17H,9-10H2,1-4H3. The first kappa shape index (κ1) is 15.5. The summed E-state index contributed by atoms with van der Waals surface area (Å²) >= 11 is 0. The molecule has 0 aliphatic carbocycles. The summed E-state index contributed by atoms with van der Waals surface area (Å²) in [5, 5.41) is 16.4. The lowest BCUT2D eigenvalue weighted by molar-refractivity contribution is 0.368. The van der Waals surface area contributed by atoms with E-state index in [1.165, 1.54) is 0 Å². The number of ether oxygens (including phenoxy) is 1. The van der Waals surface area contributed by atoms with E-state index in [2.05, 4.69) is 34.5 Å². The highest BCUT2D eigenvalue weighted by molar-refractivity contribution is 5.37. The second-order valence-corrected chi connectivity index (χ2v) is 5.80. The van der Waals surface area contributed by atoms with E-state index in [1.807, 2.05) is 35.8 Å². The van der Waals surface area contributed by atoms with Crippen LogP contribution in [0.2, 0.25) is 0 Å². The summed E-state index contributed by atoms with van der Waals surface area (Å²) in [6.07, 6.45) is 1.97. The van der Waals surface area contributed by atoms with E-state index in [9.17, 15) is 0 Å². The number of hydrogen-bond donors (Lipinski definition) is 1. The summed E-state index contributed by atoms with van der Waals surface area (Å²) in [6, 6.07) is 5.87. The van der Waals surface area contributed by atoms with Gasteiger partial charge in [-0.15, -0.1) is 10.2 Å². The predicted octanol–water partition coefficient (Wildman–Crippen LogP) is 1.88. The van der Waals surface area contributed by atoms with Gasteiger partial charge in [-0.2, -0.15) is 5.10 Å². The SMILES string of the molecule is COc1c(CNCc2nnc3ccccn23)c(C(C)C)nn1C. The Morgan fingerprint density at radius 2 is 2.04 bits per heavy atom. The monoisotopic (exact) mass is 314 g/mol. The molecule has 0 fully saturated rings. The average molecular weight is 314 g/mol. The van der Waals surface area contributed by atoms with Gasteiger partial charge in [-0.05, 0) is 18.1 Å². The van der Waals surface area contributed by atoms with Gasteiger partial charge in [-0.25, -0.2) is 4.68 Å². The molecule has 3 aromatic heterocycles. The Labute approximate surface area is 135 Å². The van der Waals surface area contributed by atoms with Gasteiger partial charge >= 0.3 is 0 Å². The third-order valence-corrected chi connectivity index (χ3v) is 3.83. The van der Waals surface area contributed by atoms with Crippen LogP contribution < -0.4 is 10.1 Å². The molecule has 0 bridgehead atoms. The second-order valence-electron chi connectivity index (χ2n) is 5.80. The molecule has 0 aliphatic heterocycles. The minimum absolute atomic E-state index is 0.343. The van der Waals surface area contributed by atoms with Crippen LogP contribution in [0.5, 0.6) is 5.88 Å². The van der Waals surface area contributed by atoms with E-state index >= 15 is 0 Å². The van der Waals surface area contributed by atoms with Crippen LogP contribution in [0.4, 0.5) is 0 Å². The van der Waals surface area contributed by atoms with E-state index in [-0.39, 0.29) is 0 Å². The van der Waals surface area contributed by atoms with Crippen molar-refractivity contribution in [3.63, 3.8) is 0 Å². The van der Waals surface area contributed by atoms with Crippen LogP contribution in [-0.4, -0.2) is 31.5 Å². The van der Waals surface area contributed by atoms with Crippen molar-refractivity contribution < 1.29 is 4.74 Å². The molecule has 0 aromatic carbocycles. The Bertz CT molecular complexity index is 804. The molecule has 0 atom stereocenters. The number of pyridine rings is 1. The zero-order valence-electron chi connectivity index (χ0n) is 13.9. The van der Waals surface area contributed by atoms with Gasteiger partial charge in [0.25, 0.3) is 0 Å². The molecule has 23 heavy (non-hydrogen) atoms. The van der Waals surface area contributed by atoms with Crippen LogP contribution in [0, 0.1) is 0 Å². The first-order valence-electron chi connectivity index (χ1n) is 7.71. The first-order valence-corrected chi connectivity index (χ1v) is 7.71. The lowest BCUT2D eigenvalue weighted by Gasteiger charge is -2.08. The van der Waals surface area contributed by atoms with E-state index in [0.29, 0.717) is 19.0 Å². The van der Waals surface area contributed by atoms with E-state index in [1.54, 1.807) is 11.8 Å². The smallest absolute Gasteiger partial charge is 0.216 e. The Kier molecular flexibility index (Phi) is 4.29. The molecule has 0 spiro atoms. The number of fused-ring (bicyclic) bond motifs is 1. The molecular weight excluding hydrogens is 292 g/mol. The molecule has 122 valence electrons. The van der Waals surface area contributed by atoms with Gasteiger partial charge < -0.3 is 10.1 Å². The fourth-order valence-electron chi connectivity index (χ4n) is 2.77. The van der Waals surface area contributed by atoms with Crippen molar-refractivity contribution in [3.05, 3.63) is 41.5 Å². The molecule has 3 rings (SSSR count). The molecule has 0 amide bonds. The summed E-state index contributed by atoms with van der Waals surface area (Å²) in [4.78, 5) is 0. The first-order chi connectivity index (χ1) is 11.1. The maximum atomic E-state index is 5.49. The number of aryl methyl sites for hydroxylation is 1. The maximum Gasteiger partial charge on any atom is 0.216 e. The molecule has 0 unspecified atom stereocenters. The van der Waals surface area contributed by atoms with Crippen LogP contribution in [0.1, 0.15) is 36.8 Å². The van der Waals surface area contributed by atoms with Crippen LogP contribution in [0.15, 0.2) is 24.4 Å². The third kappa shape index (κ3) is 2.92. The van der Waals surface area contributed by atoms with Gasteiger partial charge in [0.2, 0.25) is 5.88 Å². The second kappa shape index (κ2) is 6.37. The van der Waals surface area contributed by atoms with Crippen molar-refractivity contribution in [1.29, 1.82) is 0 Å². The minimum atomic E-state index is 0.343. The van der Waals surface area contributed by atoms with Crippen molar-refractivity contribution in [2.24, 2.45) is 7.05 Å². The number of aromatic nitrogens is 5. The molecule has 3 aromatic rings. The van der Waals surface area contributed by atoms with Gasteiger partial charge in [-0.1, -0.05) is 19.9 Å². The van der Waals surface area contributed by atoms with Gasteiger partial charge in [0.1, 0.15) is 0 Å². The number of nitrogens with one attached hydrogen (secondary N) is 1. The number of rotatable bonds is 6. The van der Waals surface area contributed by atoms with E-state index < -0.39 is 0 Å². The molecule has 7 nitrogen and oxygen atoms in total. The Balaban J connectivity index is 1.76.